The summed E-state index contributed by atoms with van der Waals surface area (Å²) in [6.07, 6.45) is -0.422. The van der Waals surface area contributed by atoms with Crippen molar-refractivity contribution in [1.29, 1.82) is 0 Å². The Morgan fingerprint density at radius 1 is 1.38 bits per heavy atom. The fourth-order valence-electron chi connectivity index (χ4n) is 1.24. The SMILES string of the molecule is CC(O)CN(C)c1nnc(CNC(C)C)o1. The summed E-state index contributed by atoms with van der Waals surface area (Å²) in [6.45, 7) is 6.86. The molecule has 0 aliphatic carbocycles. The van der Waals surface area contributed by atoms with Crippen LogP contribution >= 0.6 is 0 Å². The van der Waals surface area contributed by atoms with Gasteiger partial charge in [0.05, 0.1) is 12.6 Å². The minimum atomic E-state index is -0.422. The van der Waals surface area contributed by atoms with Gasteiger partial charge in [-0.15, -0.1) is 5.10 Å². The lowest BCUT2D eigenvalue weighted by molar-refractivity contribution is 0.200. The Labute approximate surface area is 95.7 Å². The average Bonchev–Trinajstić information content (AvgIpc) is 2.61. The van der Waals surface area contributed by atoms with Gasteiger partial charge in [-0.1, -0.05) is 18.9 Å². The lowest BCUT2D eigenvalue weighted by Gasteiger charge is -2.15. The van der Waals surface area contributed by atoms with Gasteiger partial charge in [0.2, 0.25) is 5.89 Å². The van der Waals surface area contributed by atoms with Gasteiger partial charge >= 0.3 is 6.01 Å². The van der Waals surface area contributed by atoms with Gasteiger partial charge in [0.1, 0.15) is 0 Å². The molecule has 2 N–H and O–H groups in total. The van der Waals surface area contributed by atoms with Crippen molar-refractivity contribution in [1.82, 2.24) is 15.5 Å². The number of hydrogen-bond acceptors (Lipinski definition) is 6. The van der Waals surface area contributed by atoms with Crippen LogP contribution in [0.3, 0.4) is 0 Å². The van der Waals surface area contributed by atoms with Crippen LogP contribution < -0.4 is 10.2 Å². The highest BCUT2D eigenvalue weighted by Gasteiger charge is 2.12. The van der Waals surface area contributed by atoms with Crippen molar-refractivity contribution in [2.45, 2.75) is 39.5 Å². The molecule has 0 bridgehead atoms. The maximum absolute atomic E-state index is 9.22. The van der Waals surface area contributed by atoms with E-state index in [0.29, 0.717) is 31.0 Å². The molecule has 0 amide bonds. The highest BCUT2D eigenvalue weighted by atomic mass is 16.4. The lowest BCUT2D eigenvalue weighted by Crippen LogP contribution is -2.27. The van der Waals surface area contributed by atoms with Crippen LogP contribution in [0.15, 0.2) is 4.42 Å². The fourth-order valence-corrected chi connectivity index (χ4v) is 1.24. The van der Waals surface area contributed by atoms with E-state index in [1.807, 2.05) is 0 Å². The molecule has 1 atom stereocenters. The summed E-state index contributed by atoms with van der Waals surface area (Å²) in [5, 5.41) is 20.2. The van der Waals surface area contributed by atoms with Crippen molar-refractivity contribution >= 4 is 6.01 Å². The van der Waals surface area contributed by atoms with Crippen molar-refractivity contribution in [2.24, 2.45) is 0 Å². The van der Waals surface area contributed by atoms with Crippen molar-refractivity contribution in [3.05, 3.63) is 5.89 Å². The molecular formula is C10H20N4O2. The first-order valence-electron chi connectivity index (χ1n) is 5.44. The Morgan fingerprint density at radius 2 is 2.06 bits per heavy atom. The van der Waals surface area contributed by atoms with Crippen LogP contribution in [0.2, 0.25) is 0 Å². The number of aliphatic hydroxyl groups excluding tert-OH is 1. The lowest BCUT2D eigenvalue weighted by atomic mass is 10.4. The number of aliphatic hydroxyl groups is 1. The molecule has 0 aliphatic heterocycles. The molecule has 1 aromatic heterocycles. The highest BCUT2D eigenvalue weighted by molar-refractivity contribution is 5.21. The van der Waals surface area contributed by atoms with Gasteiger partial charge in [0.15, 0.2) is 0 Å². The Morgan fingerprint density at radius 3 is 2.62 bits per heavy atom. The third-order valence-corrected chi connectivity index (χ3v) is 1.98. The minimum Gasteiger partial charge on any atom is -0.407 e. The zero-order valence-electron chi connectivity index (χ0n) is 10.3. The van der Waals surface area contributed by atoms with E-state index in [0.717, 1.165) is 0 Å². The van der Waals surface area contributed by atoms with E-state index in [1.165, 1.54) is 0 Å². The number of likely N-dealkylation sites (N-methyl/N-ethyl adjacent to an activating group) is 1. The first-order chi connectivity index (χ1) is 7.49. The molecule has 6 nitrogen and oxygen atoms in total. The van der Waals surface area contributed by atoms with Gasteiger partial charge in [-0.25, -0.2) is 0 Å². The third-order valence-electron chi connectivity index (χ3n) is 1.98. The van der Waals surface area contributed by atoms with E-state index in [1.54, 1.807) is 18.9 Å². The van der Waals surface area contributed by atoms with Crippen LogP contribution in [-0.4, -0.2) is 41.0 Å². The molecule has 0 radical (unpaired) electrons. The van der Waals surface area contributed by atoms with E-state index < -0.39 is 6.10 Å². The Hall–Kier alpha value is -1.14. The third kappa shape index (κ3) is 4.16. The van der Waals surface area contributed by atoms with Gasteiger partial charge in [-0.05, 0) is 6.92 Å². The van der Waals surface area contributed by atoms with Crippen LogP contribution in [0.1, 0.15) is 26.7 Å². The van der Waals surface area contributed by atoms with Gasteiger partial charge in [-0.2, -0.15) is 0 Å². The van der Waals surface area contributed by atoms with E-state index in [2.05, 4.69) is 29.4 Å². The summed E-state index contributed by atoms with van der Waals surface area (Å²) in [5.41, 5.74) is 0. The van der Waals surface area contributed by atoms with E-state index >= 15 is 0 Å². The molecular weight excluding hydrogens is 208 g/mol. The first kappa shape index (κ1) is 12.9. The molecule has 1 heterocycles. The Bertz CT molecular complexity index is 312. The smallest absolute Gasteiger partial charge is 0.318 e. The first-order valence-corrected chi connectivity index (χ1v) is 5.44. The normalized spacial score (nSPS) is 13.1. The molecule has 0 spiro atoms. The molecule has 92 valence electrons. The fraction of sp³-hybridized carbons (Fsp3) is 0.800. The Balaban J connectivity index is 2.50. The minimum absolute atomic E-state index is 0.380. The number of rotatable bonds is 6. The molecule has 6 heteroatoms. The molecule has 1 aromatic rings. The predicted molar refractivity (Wildman–Crippen MR) is 61.2 cm³/mol. The van der Waals surface area contributed by atoms with Crippen LogP contribution in [0.25, 0.3) is 0 Å². The van der Waals surface area contributed by atoms with Gasteiger partial charge in [0, 0.05) is 19.6 Å². The summed E-state index contributed by atoms with van der Waals surface area (Å²) in [5.74, 6) is 0.557. The zero-order chi connectivity index (χ0) is 12.1. The Kier molecular flexibility index (Phi) is 4.70. The molecule has 0 aliphatic rings. The number of hydrogen-bond donors (Lipinski definition) is 2. The molecule has 0 saturated heterocycles. The monoisotopic (exact) mass is 228 g/mol. The average molecular weight is 228 g/mol. The molecule has 1 unspecified atom stereocenters. The van der Waals surface area contributed by atoms with Crippen molar-refractivity contribution in [3.63, 3.8) is 0 Å². The van der Waals surface area contributed by atoms with Gasteiger partial charge in [-0.3, -0.25) is 0 Å². The van der Waals surface area contributed by atoms with Crippen LogP contribution in [0, 0.1) is 0 Å². The summed E-state index contributed by atoms with van der Waals surface area (Å²) >= 11 is 0. The second kappa shape index (κ2) is 5.81. The van der Waals surface area contributed by atoms with Crippen molar-refractivity contribution in [3.8, 4) is 0 Å². The predicted octanol–water partition coefficient (Wildman–Crippen LogP) is 0.385. The second-order valence-corrected chi connectivity index (χ2v) is 4.24. The number of nitrogens with one attached hydrogen (secondary N) is 1. The quantitative estimate of drug-likeness (QED) is 0.733. The van der Waals surface area contributed by atoms with Crippen LogP contribution in [-0.2, 0) is 6.54 Å². The summed E-state index contributed by atoms with van der Waals surface area (Å²) < 4.78 is 5.43. The maximum Gasteiger partial charge on any atom is 0.318 e. The number of anilines is 1. The zero-order valence-corrected chi connectivity index (χ0v) is 10.3. The highest BCUT2D eigenvalue weighted by Crippen LogP contribution is 2.10. The van der Waals surface area contributed by atoms with E-state index in [4.69, 9.17) is 4.42 Å². The molecule has 0 saturated carbocycles. The molecule has 0 aromatic carbocycles. The van der Waals surface area contributed by atoms with E-state index in [9.17, 15) is 5.11 Å². The summed E-state index contributed by atoms with van der Waals surface area (Å²) in [4.78, 5) is 1.73. The topological polar surface area (TPSA) is 74.4 Å². The molecule has 16 heavy (non-hydrogen) atoms. The standard InChI is InChI=1S/C10H20N4O2/c1-7(2)11-5-9-12-13-10(16-9)14(4)6-8(3)15/h7-8,11,15H,5-6H2,1-4H3. The van der Waals surface area contributed by atoms with Gasteiger partial charge < -0.3 is 19.7 Å². The van der Waals surface area contributed by atoms with Crippen molar-refractivity contribution < 1.29 is 9.52 Å². The van der Waals surface area contributed by atoms with Crippen LogP contribution in [0.5, 0.6) is 0 Å². The van der Waals surface area contributed by atoms with Crippen molar-refractivity contribution in [2.75, 3.05) is 18.5 Å². The summed E-state index contributed by atoms with van der Waals surface area (Å²) in [6, 6.07) is 0.812. The second-order valence-electron chi connectivity index (χ2n) is 4.24. The molecule has 1 rings (SSSR count). The summed E-state index contributed by atoms with van der Waals surface area (Å²) in [7, 11) is 1.81. The largest absolute Gasteiger partial charge is 0.407 e. The van der Waals surface area contributed by atoms with Gasteiger partial charge in [0.25, 0.3) is 0 Å². The van der Waals surface area contributed by atoms with Crippen LogP contribution in [0.4, 0.5) is 6.01 Å². The maximum atomic E-state index is 9.22. The number of nitrogens with zero attached hydrogens (tertiary/aromatic N) is 3. The van der Waals surface area contributed by atoms with E-state index in [-0.39, 0.29) is 0 Å². The number of aromatic nitrogens is 2. The molecule has 0 fully saturated rings.